The lowest BCUT2D eigenvalue weighted by Gasteiger charge is -2.61. The first-order chi connectivity index (χ1) is 17.3. The van der Waals surface area contributed by atoms with Gasteiger partial charge in [0, 0.05) is 24.7 Å². The Hall–Kier alpha value is -1.47. The van der Waals surface area contributed by atoms with E-state index in [9.17, 15) is 19.5 Å². The van der Waals surface area contributed by atoms with Crippen LogP contribution in [0, 0.1) is 34.5 Å². The number of fused-ring (bicyclic) bond motifs is 5. The zero-order valence-corrected chi connectivity index (χ0v) is 23.5. The third-order valence-corrected chi connectivity index (χ3v) is 10.7. The average molecular weight is 541 g/mol. The molecule has 3 fully saturated rings. The fourth-order valence-electron chi connectivity index (χ4n) is 8.84. The van der Waals surface area contributed by atoms with E-state index in [1.807, 2.05) is 20.8 Å². The van der Waals surface area contributed by atoms with E-state index in [4.69, 9.17) is 21.1 Å². The van der Waals surface area contributed by atoms with Crippen molar-refractivity contribution in [1.82, 2.24) is 0 Å². The highest BCUT2D eigenvalue weighted by Gasteiger charge is 2.74. The van der Waals surface area contributed by atoms with Crippen LogP contribution in [0.2, 0.25) is 0 Å². The van der Waals surface area contributed by atoms with E-state index in [1.165, 1.54) is 6.92 Å². The molecule has 0 spiro atoms. The van der Waals surface area contributed by atoms with Gasteiger partial charge in [-0.15, -0.1) is 0 Å². The third kappa shape index (κ3) is 4.27. The molecular weight excluding hydrogens is 499 g/mol. The number of hydrogen-bond donors (Lipinski definition) is 1. The van der Waals surface area contributed by atoms with Gasteiger partial charge in [0.15, 0.2) is 5.78 Å². The predicted molar refractivity (Wildman–Crippen MR) is 137 cm³/mol. The van der Waals surface area contributed by atoms with Gasteiger partial charge in [0.2, 0.25) is 5.60 Å². The molecule has 0 aliphatic heterocycles. The Morgan fingerprint density at radius 3 is 2.54 bits per heavy atom. The Balaban J connectivity index is 1.72. The minimum absolute atomic E-state index is 0.0130. The number of alkyl halides is 1. The number of allylic oxidation sites excluding steroid dienone is 1. The molecule has 0 saturated heterocycles. The van der Waals surface area contributed by atoms with Crippen LogP contribution in [0.4, 0.5) is 4.39 Å². The Kier molecular flexibility index (Phi) is 7.91. The molecule has 4 aliphatic rings. The van der Waals surface area contributed by atoms with Crippen molar-refractivity contribution < 1.29 is 33.4 Å². The van der Waals surface area contributed by atoms with Crippen LogP contribution in [0.3, 0.4) is 0 Å². The Morgan fingerprint density at radius 2 is 1.89 bits per heavy atom. The third-order valence-electron chi connectivity index (χ3n) is 10.3. The largest absolute Gasteiger partial charge is 0.463 e. The van der Waals surface area contributed by atoms with Crippen LogP contribution in [0.25, 0.3) is 0 Å². The second-order valence-electron chi connectivity index (χ2n) is 12.4. The van der Waals surface area contributed by atoms with Gasteiger partial charge in [0.25, 0.3) is 0 Å². The number of aliphatic hydroxyl groups is 1. The van der Waals surface area contributed by atoms with Gasteiger partial charge in [-0.3, -0.25) is 9.59 Å². The van der Waals surface area contributed by atoms with Gasteiger partial charge in [-0.1, -0.05) is 58.6 Å². The standard InChI is InChI=1S/C29H42ClFO6/c1-6-7-8-9-12-36-26(35)29(37-17(3)32)16(2)13-19-18-14-20(31)24-25(30)21(33)10-11-27(24,4)23(18)22(34)15-28(19,29)5/h16,18-20,22-23,34H,6-15H2,1-5H3/t16-,18-,19-,20-,22-,23+,27+,28-,29-/m0/s1. The molecule has 3 saturated carbocycles. The summed E-state index contributed by atoms with van der Waals surface area (Å²) >= 11 is 6.38. The van der Waals surface area contributed by atoms with E-state index in [2.05, 4.69) is 6.92 Å². The molecular formula is C29H42ClFO6. The molecule has 6 nitrogen and oxygen atoms in total. The van der Waals surface area contributed by atoms with Crippen LogP contribution < -0.4 is 0 Å². The summed E-state index contributed by atoms with van der Waals surface area (Å²) in [4.78, 5) is 38.5. The molecule has 0 bridgehead atoms. The summed E-state index contributed by atoms with van der Waals surface area (Å²) in [5.41, 5.74) is -2.89. The number of carbonyl (C=O) groups is 3. The van der Waals surface area contributed by atoms with Gasteiger partial charge >= 0.3 is 11.9 Å². The number of ketones is 1. The van der Waals surface area contributed by atoms with E-state index >= 15 is 4.39 Å². The molecule has 0 aromatic rings. The Bertz CT molecular complexity index is 981. The van der Waals surface area contributed by atoms with Gasteiger partial charge in [0.1, 0.15) is 6.17 Å². The normalized spacial score (nSPS) is 43.1. The molecule has 0 amide bonds. The van der Waals surface area contributed by atoms with E-state index in [0.717, 1.165) is 25.7 Å². The second kappa shape index (κ2) is 10.3. The summed E-state index contributed by atoms with van der Waals surface area (Å²) in [5.74, 6) is -2.47. The van der Waals surface area contributed by atoms with Gasteiger partial charge < -0.3 is 14.6 Å². The molecule has 37 heavy (non-hydrogen) atoms. The van der Waals surface area contributed by atoms with Crippen molar-refractivity contribution in [1.29, 1.82) is 0 Å². The number of aliphatic hydroxyl groups excluding tert-OH is 1. The van der Waals surface area contributed by atoms with E-state index < -0.39 is 40.6 Å². The minimum Gasteiger partial charge on any atom is -0.463 e. The van der Waals surface area contributed by atoms with Crippen LogP contribution in [0.1, 0.15) is 92.4 Å². The lowest BCUT2D eigenvalue weighted by Crippen LogP contribution is -2.65. The first-order valence-corrected chi connectivity index (χ1v) is 14.3. The average Bonchev–Trinajstić information content (AvgIpc) is 3.03. The number of halogens is 2. The molecule has 208 valence electrons. The SMILES string of the molecule is CCCCCCOC(=O)[C@@]1(OC(C)=O)[C@@H](C)C[C@H]2[C@@H]3C[C@H](F)C4=C(Cl)C(=O)CC[C@]4(C)[C@H]3[C@@H](O)C[C@@]21C. The molecule has 0 heterocycles. The van der Waals surface area contributed by atoms with E-state index in [0.29, 0.717) is 18.4 Å². The van der Waals surface area contributed by atoms with Crippen molar-refractivity contribution in [2.75, 3.05) is 6.61 Å². The summed E-state index contributed by atoms with van der Waals surface area (Å²) < 4.78 is 27.5. The Morgan fingerprint density at radius 1 is 1.19 bits per heavy atom. The first kappa shape index (κ1) is 28.5. The van der Waals surface area contributed by atoms with E-state index in [-0.39, 0.29) is 60.4 Å². The summed E-state index contributed by atoms with van der Waals surface area (Å²) in [6, 6.07) is 0. The maximum absolute atomic E-state index is 15.8. The maximum atomic E-state index is 15.8. The van der Waals surface area contributed by atoms with Crippen molar-refractivity contribution in [2.45, 2.75) is 110 Å². The summed E-state index contributed by atoms with van der Waals surface area (Å²) in [6.07, 6.45) is 3.05. The van der Waals surface area contributed by atoms with Gasteiger partial charge in [-0.25, -0.2) is 9.18 Å². The lowest BCUT2D eigenvalue weighted by atomic mass is 9.45. The molecule has 0 aromatic heterocycles. The summed E-state index contributed by atoms with van der Waals surface area (Å²) in [5, 5.41) is 11.7. The van der Waals surface area contributed by atoms with Crippen LogP contribution in [-0.4, -0.2) is 47.3 Å². The van der Waals surface area contributed by atoms with Crippen LogP contribution in [0.15, 0.2) is 10.6 Å². The highest BCUT2D eigenvalue weighted by atomic mass is 35.5. The molecule has 0 aromatic carbocycles. The smallest absolute Gasteiger partial charge is 0.351 e. The monoisotopic (exact) mass is 540 g/mol. The number of ether oxygens (including phenoxy) is 2. The highest BCUT2D eigenvalue weighted by Crippen LogP contribution is 2.70. The molecule has 8 heteroatoms. The quantitative estimate of drug-likeness (QED) is 0.330. The summed E-state index contributed by atoms with van der Waals surface area (Å²) in [7, 11) is 0. The van der Waals surface area contributed by atoms with Crippen molar-refractivity contribution in [3.05, 3.63) is 10.6 Å². The van der Waals surface area contributed by atoms with Crippen molar-refractivity contribution in [3.8, 4) is 0 Å². The fraction of sp³-hybridized carbons (Fsp3) is 0.828. The number of unbranched alkanes of at least 4 members (excludes halogenated alkanes) is 3. The predicted octanol–water partition coefficient (Wildman–Crippen LogP) is 5.68. The van der Waals surface area contributed by atoms with Crippen LogP contribution >= 0.6 is 11.6 Å². The van der Waals surface area contributed by atoms with E-state index in [1.54, 1.807) is 0 Å². The molecule has 0 unspecified atom stereocenters. The molecule has 1 N–H and O–H groups in total. The number of hydrogen-bond acceptors (Lipinski definition) is 6. The molecule has 0 radical (unpaired) electrons. The number of esters is 2. The van der Waals surface area contributed by atoms with Crippen molar-refractivity contribution in [3.63, 3.8) is 0 Å². The number of carbonyl (C=O) groups excluding carboxylic acids is 3. The van der Waals surface area contributed by atoms with Gasteiger partial charge in [0.05, 0.1) is 17.7 Å². The van der Waals surface area contributed by atoms with Gasteiger partial charge in [-0.2, -0.15) is 0 Å². The second-order valence-corrected chi connectivity index (χ2v) is 12.8. The summed E-state index contributed by atoms with van der Waals surface area (Å²) in [6.45, 7) is 9.37. The minimum atomic E-state index is -1.55. The zero-order chi connectivity index (χ0) is 27.3. The molecule has 9 atom stereocenters. The highest BCUT2D eigenvalue weighted by molar-refractivity contribution is 6.43. The fourth-order valence-corrected chi connectivity index (χ4v) is 9.27. The van der Waals surface area contributed by atoms with Crippen molar-refractivity contribution in [2.24, 2.45) is 34.5 Å². The maximum Gasteiger partial charge on any atom is 0.351 e. The van der Waals surface area contributed by atoms with Crippen LogP contribution in [0.5, 0.6) is 0 Å². The lowest BCUT2D eigenvalue weighted by molar-refractivity contribution is -0.220. The Labute approximate surface area is 224 Å². The molecule has 4 aliphatic carbocycles. The van der Waals surface area contributed by atoms with Crippen LogP contribution in [-0.2, 0) is 23.9 Å². The molecule has 4 rings (SSSR count). The number of rotatable bonds is 7. The first-order valence-electron chi connectivity index (χ1n) is 14.0. The zero-order valence-electron chi connectivity index (χ0n) is 22.8. The topological polar surface area (TPSA) is 89.9 Å². The van der Waals surface area contributed by atoms with Gasteiger partial charge in [-0.05, 0) is 60.8 Å². The van der Waals surface area contributed by atoms with Crippen molar-refractivity contribution >= 4 is 29.3 Å². The number of Topliss-reactive ketones (excluding diaryl/α,β-unsaturated/α-hetero) is 1.